The van der Waals surface area contributed by atoms with Gasteiger partial charge in [-0.3, -0.25) is 0 Å². The lowest BCUT2D eigenvalue weighted by atomic mass is 10.1. The quantitative estimate of drug-likeness (QED) is 0.858. The molecule has 1 aromatic carbocycles. The molecule has 0 amide bonds. The maximum absolute atomic E-state index is 13.7. The Labute approximate surface area is 109 Å². The third-order valence-corrected chi connectivity index (χ3v) is 3.18. The predicted octanol–water partition coefficient (Wildman–Crippen LogP) is 2.04. The average molecular weight is 263 g/mol. The molecule has 5 nitrogen and oxygen atoms in total. The summed E-state index contributed by atoms with van der Waals surface area (Å²) in [5.74, 6) is 0.732. The molecule has 0 spiro atoms. The van der Waals surface area contributed by atoms with E-state index in [2.05, 4.69) is 10.1 Å². The highest BCUT2D eigenvalue weighted by Crippen LogP contribution is 2.24. The SMILES string of the molecule is Nc1ccc(F)c(-c2nc(CC3CCOC3)no2)c1. The van der Waals surface area contributed by atoms with Crippen LogP contribution in [0.4, 0.5) is 10.1 Å². The number of nitrogens with zero attached hydrogens (tertiary/aromatic N) is 2. The fraction of sp³-hybridized carbons (Fsp3) is 0.385. The summed E-state index contributed by atoms with van der Waals surface area (Å²) in [5, 5.41) is 3.88. The van der Waals surface area contributed by atoms with Crippen molar-refractivity contribution in [2.75, 3.05) is 18.9 Å². The zero-order valence-corrected chi connectivity index (χ0v) is 10.3. The number of ether oxygens (including phenoxy) is 1. The molecule has 0 aliphatic carbocycles. The summed E-state index contributed by atoms with van der Waals surface area (Å²) in [6, 6.07) is 4.27. The van der Waals surface area contributed by atoms with E-state index < -0.39 is 5.82 Å². The molecule has 100 valence electrons. The van der Waals surface area contributed by atoms with E-state index in [1.165, 1.54) is 18.2 Å². The molecule has 3 rings (SSSR count). The molecular formula is C13H14FN3O2. The van der Waals surface area contributed by atoms with Gasteiger partial charge < -0.3 is 15.0 Å². The third-order valence-electron chi connectivity index (χ3n) is 3.18. The van der Waals surface area contributed by atoms with Crippen LogP contribution in [0.5, 0.6) is 0 Å². The second kappa shape index (κ2) is 4.97. The van der Waals surface area contributed by atoms with Gasteiger partial charge in [-0.25, -0.2) is 4.39 Å². The molecule has 6 heteroatoms. The van der Waals surface area contributed by atoms with Crippen molar-refractivity contribution in [2.45, 2.75) is 12.8 Å². The minimum absolute atomic E-state index is 0.165. The summed E-state index contributed by atoms with van der Waals surface area (Å²) in [6.07, 6.45) is 1.68. The number of rotatable bonds is 3. The molecule has 1 saturated heterocycles. The van der Waals surface area contributed by atoms with E-state index in [0.29, 0.717) is 23.9 Å². The Kier molecular flexibility index (Phi) is 3.16. The molecule has 1 aromatic heterocycles. The van der Waals surface area contributed by atoms with E-state index in [0.717, 1.165) is 19.6 Å². The smallest absolute Gasteiger partial charge is 0.260 e. The van der Waals surface area contributed by atoms with Gasteiger partial charge in [-0.1, -0.05) is 5.16 Å². The van der Waals surface area contributed by atoms with Crippen LogP contribution in [-0.4, -0.2) is 23.4 Å². The molecule has 1 aliphatic heterocycles. The van der Waals surface area contributed by atoms with Gasteiger partial charge in [-0.2, -0.15) is 4.98 Å². The molecule has 19 heavy (non-hydrogen) atoms. The Morgan fingerprint density at radius 1 is 1.42 bits per heavy atom. The lowest BCUT2D eigenvalue weighted by molar-refractivity contribution is 0.185. The minimum Gasteiger partial charge on any atom is -0.399 e. The Bertz CT molecular complexity index is 579. The molecule has 0 radical (unpaired) electrons. The highest BCUT2D eigenvalue weighted by molar-refractivity contribution is 5.60. The number of halogens is 1. The van der Waals surface area contributed by atoms with E-state index >= 15 is 0 Å². The average Bonchev–Trinajstić information content (AvgIpc) is 3.04. The number of nitrogens with two attached hydrogens (primary N) is 1. The van der Waals surface area contributed by atoms with E-state index in [1.807, 2.05) is 0 Å². The van der Waals surface area contributed by atoms with Crippen LogP contribution in [0.3, 0.4) is 0 Å². The van der Waals surface area contributed by atoms with Crippen molar-refractivity contribution in [3.8, 4) is 11.5 Å². The van der Waals surface area contributed by atoms with Crippen molar-refractivity contribution in [1.82, 2.24) is 10.1 Å². The maximum atomic E-state index is 13.7. The number of nitrogen functional groups attached to an aromatic ring is 1. The number of aromatic nitrogens is 2. The van der Waals surface area contributed by atoms with Crippen LogP contribution in [0.1, 0.15) is 12.2 Å². The van der Waals surface area contributed by atoms with Crippen LogP contribution >= 0.6 is 0 Å². The summed E-state index contributed by atoms with van der Waals surface area (Å²) >= 11 is 0. The predicted molar refractivity (Wildman–Crippen MR) is 66.7 cm³/mol. The summed E-state index contributed by atoms with van der Waals surface area (Å²) in [4.78, 5) is 4.22. The monoisotopic (exact) mass is 263 g/mol. The first-order valence-electron chi connectivity index (χ1n) is 6.18. The molecule has 2 N–H and O–H groups in total. The standard InChI is InChI=1S/C13H14FN3O2/c14-11-2-1-9(15)6-10(11)13-16-12(17-19-13)5-8-3-4-18-7-8/h1-2,6,8H,3-5,7,15H2. The largest absolute Gasteiger partial charge is 0.399 e. The van der Waals surface area contributed by atoms with Gasteiger partial charge >= 0.3 is 0 Å². The maximum Gasteiger partial charge on any atom is 0.260 e. The van der Waals surface area contributed by atoms with E-state index in [-0.39, 0.29) is 11.5 Å². The highest BCUT2D eigenvalue weighted by atomic mass is 19.1. The Hall–Kier alpha value is -1.95. The van der Waals surface area contributed by atoms with Crippen LogP contribution in [0.15, 0.2) is 22.7 Å². The van der Waals surface area contributed by atoms with Gasteiger partial charge in [0.25, 0.3) is 5.89 Å². The Morgan fingerprint density at radius 3 is 3.11 bits per heavy atom. The van der Waals surface area contributed by atoms with Crippen molar-refractivity contribution < 1.29 is 13.7 Å². The van der Waals surface area contributed by atoms with Crippen LogP contribution in [0.25, 0.3) is 11.5 Å². The third kappa shape index (κ3) is 2.58. The Balaban J connectivity index is 1.82. The van der Waals surface area contributed by atoms with Gasteiger partial charge in [0.05, 0.1) is 5.56 Å². The van der Waals surface area contributed by atoms with E-state index in [9.17, 15) is 4.39 Å². The molecule has 2 aromatic rings. The van der Waals surface area contributed by atoms with Crippen molar-refractivity contribution in [3.05, 3.63) is 29.8 Å². The van der Waals surface area contributed by atoms with E-state index in [4.69, 9.17) is 15.0 Å². The zero-order chi connectivity index (χ0) is 13.2. The van der Waals surface area contributed by atoms with Gasteiger partial charge in [-0.05, 0) is 30.5 Å². The van der Waals surface area contributed by atoms with Gasteiger partial charge in [0, 0.05) is 25.3 Å². The normalized spacial score (nSPS) is 18.9. The summed E-state index contributed by atoms with van der Waals surface area (Å²) in [7, 11) is 0. The topological polar surface area (TPSA) is 74.2 Å². The molecule has 1 atom stereocenters. The van der Waals surface area contributed by atoms with Crippen molar-refractivity contribution in [2.24, 2.45) is 5.92 Å². The number of hydrogen-bond donors (Lipinski definition) is 1. The number of anilines is 1. The second-order valence-electron chi connectivity index (χ2n) is 4.69. The first kappa shape index (κ1) is 12.1. The zero-order valence-electron chi connectivity index (χ0n) is 10.3. The van der Waals surface area contributed by atoms with Crippen LogP contribution in [-0.2, 0) is 11.2 Å². The number of hydrogen-bond acceptors (Lipinski definition) is 5. The molecule has 1 unspecified atom stereocenters. The van der Waals surface area contributed by atoms with Crippen molar-refractivity contribution in [1.29, 1.82) is 0 Å². The number of benzene rings is 1. The summed E-state index contributed by atoms with van der Waals surface area (Å²) < 4.78 is 24.1. The molecule has 1 fully saturated rings. The fourth-order valence-corrected chi connectivity index (χ4v) is 2.16. The van der Waals surface area contributed by atoms with Gasteiger partial charge in [0.1, 0.15) is 5.82 Å². The van der Waals surface area contributed by atoms with Crippen LogP contribution < -0.4 is 5.73 Å². The van der Waals surface area contributed by atoms with Gasteiger partial charge in [0.2, 0.25) is 0 Å². The lowest BCUT2D eigenvalue weighted by Crippen LogP contribution is -2.04. The van der Waals surface area contributed by atoms with Crippen LogP contribution in [0, 0.1) is 11.7 Å². The first-order valence-corrected chi connectivity index (χ1v) is 6.18. The van der Waals surface area contributed by atoms with Crippen molar-refractivity contribution >= 4 is 5.69 Å². The summed E-state index contributed by atoms with van der Waals surface area (Å²) in [6.45, 7) is 1.50. The van der Waals surface area contributed by atoms with Gasteiger partial charge in [0.15, 0.2) is 5.82 Å². The van der Waals surface area contributed by atoms with Crippen molar-refractivity contribution in [3.63, 3.8) is 0 Å². The molecule has 0 bridgehead atoms. The van der Waals surface area contributed by atoms with Gasteiger partial charge in [-0.15, -0.1) is 0 Å². The first-order chi connectivity index (χ1) is 9.22. The second-order valence-corrected chi connectivity index (χ2v) is 4.69. The summed E-state index contributed by atoms with van der Waals surface area (Å²) in [5.41, 5.74) is 6.33. The minimum atomic E-state index is -0.423. The fourth-order valence-electron chi connectivity index (χ4n) is 2.16. The molecule has 0 saturated carbocycles. The van der Waals surface area contributed by atoms with E-state index in [1.54, 1.807) is 0 Å². The molecule has 2 heterocycles. The molecular weight excluding hydrogens is 249 g/mol. The lowest BCUT2D eigenvalue weighted by Gasteiger charge is -2.01. The molecule has 1 aliphatic rings. The van der Waals surface area contributed by atoms with Crippen LogP contribution in [0.2, 0.25) is 0 Å². The Morgan fingerprint density at radius 2 is 2.32 bits per heavy atom. The highest BCUT2D eigenvalue weighted by Gasteiger charge is 2.20.